The lowest BCUT2D eigenvalue weighted by atomic mass is 9.85. The maximum atomic E-state index is 12.8. The Kier molecular flexibility index (Phi) is 2.77. The Balaban J connectivity index is 1.42. The number of carbonyl (C=O) groups excluding carboxylic acids is 2. The van der Waals surface area contributed by atoms with Crippen molar-refractivity contribution in [2.24, 2.45) is 34.2 Å². The minimum atomic E-state index is -0.239. The molecular weight excluding hydrogens is 320 g/mol. The molecule has 2 bridgehead atoms. The quantitative estimate of drug-likeness (QED) is 0.519. The Morgan fingerprint density at radius 3 is 2.40 bits per heavy atom. The number of methoxy groups -OCH3 is 1. The molecule has 0 aromatic heterocycles. The first-order valence-corrected chi connectivity index (χ1v) is 8.54. The van der Waals surface area contributed by atoms with Crippen molar-refractivity contribution in [1.29, 1.82) is 0 Å². The molecule has 1 N–H and O–H groups in total. The van der Waals surface area contributed by atoms with E-state index < -0.39 is 0 Å². The van der Waals surface area contributed by atoms with E-state index >= 15 is 0 Å². The van der Waals surface area contributed by atoms with Gasteiger partial charge in [0.25, 0.3) is 11.8 Å². The number of ether oxygens (including phenoxy) is 1. The summed E-state index contributed by atoms with van der Waals surface area (Å²) in [4.78, 5) is 25.6. The van der Waals surface area contributed by atoms with Crippen molar-refractivity contribution in [2.45, 2.75) is 12.8 Å². The van der Waals surface area contributed by atoms with E-state index in [-0.39, 0.29) is 46.7 Å². The molecule has 6 nitrogen and oxygen atoms in total. The van der Waals surface area contributed by atoms with E-state index in [4.69, 9.17) is 4.74 Å². The minimum Gasteiger partial charge on any atom is -0.504 e. The summed E-state index contributed by atoms with van der Waals surface area (Å²) in [7, 11) is 1.46. The van der Waals surface area contributed by atoms with E-state index in [1.807, 2.05) is 0 Å². The average molecular weight is 338 g/mol. The zero-order valence-corrected chi connectivity index (χ0v) is 13.8. The van der Waals surface area contributed by atoms with Gasteiger partial charge in [-0.1, -0.05) is 12.2 Å². The van der Waals surface area contributed by atoms with Gasteiger partial charge in [-0.3, -0.25) is 9.59 Å². The first-order valence-electron chi connectivity index (χ1n) is 8.54. The van der Waals surface area contributed by atoms with Gasteiger partial charge in [-0.25, -0.2) is 0 Å². The van der Waals surface area contributed by atoms with Crippen LogP contribution in [0.1, 0.15) is 18.4 Å². The van der Waals surface area contributed by atoms with Crippen LogP contribution in [0.15, 0.2) is 35.5 Å². The van der Waals surface area contributed by atoms with Gasteiger partial charge in [0.1, 0.15) is 0 Å². The third-order valence-electron chi connectivity index (χ3n) is 6.36. The minimum absolute atomic E-state index is 0.0277. The van der Waals surface area contributed by atoms with Crippen LogP contribution in [0.3, 0.4) is 0 Å². The van der Waals surface area contributed by atoms with Gasteiger partial charge in [0.2, 0.25) is 0 Å². The van der Waals surface area contributed by atoms with Crippen LogP contribution in [0.5, 0.6) is 11.5 Å². The molecular formula is C19H18N2O4. The van der Waals surface area contributed by atoms with Crippen molar-refractivity contribution >= 4 is 18.0 Å². The van der Waals surface area contributed by atoms with Crippen LogP contribution < -0.4 is 4.74 Å². The Morgan fingerprint density at radius 1 is 1.20 bits per heavy atom. The van der Waals surface area contributed by atoms with Gasteiger partial charge >= 0.3 is 0 Å². The van der Waals surface area contributed by atoms with Crippen molar-refractivity contribution in [2.75, 3.05) is 7.11 Å². The number of hydrazone groups is 1. The molecule has 5 rings (SSSR count). The number of phenolic OH excluding ortho intramolecular Hbond substituents is 1. The maximum Gasteiger partial charge on any atom is 0.254 e. The van der Waals surface area contributed by atoms with E-state index in [0.29, 0.717) is 11.3 Å². The lowest BCUT2D eigenvalue weighted by Gasteiger charge is -2.18. The molecule has 2 saturated carbocycles. The number of aromatic hydroxyl groups is 1. The Bertz CT molecular complexity index is 821. The lowest BCUT2D eigenvalue weighted by molar-refractivity contribution is -0.141. The highest BCUT2D eigenvalue weighted by atomic mass is 16.5. The van der Waals surface area contributed by atoms with Crippen LogP contribution in [0.25, 0.3) is 0 Å². The topological polar surface area (TPSA) is 79.2 Å². The Morgan fingerprint density at radius 2 is 1.84 bits per heavy atom. The van der Waals surface area contributed by atoms with Crippen LogP contribution >= 0.6 is 0 Å². The number of nitrogens with zero attached hydrogens (tertiary/aromatic N) is 2. The molecule has 128 valence electrons. The van der Waals surface area contributed by atoms with Crippen LogP contribution in [-0.2, 0) is 9.59 Å². The summed E-state index contributed by atoms with van der Waals surface area (Å²) in [6, 6.07) is 4.75. The van der Waals surface area contributed by atoms with Crippen molar-refractivity contribution in [3.63, 3.8) is 0 Å². The third-order valence-corrected chi connectivity index (χ3v) is 6.36. The van der Waals surface area contributed by atoms with E-state index in [2.05, 4.69) is 17.3 Å². The zero-order valence-electron chi connectivity index (χ0n) is 13.8. The van der Waals surface area contributed by atoms with E-state index in [1.54, 1.807) is 12.1 Å². The molecule has 0 unspecified atom stereocenters. The monoisotopic (exact) mass is 338 g/mol. The second-order valence-electron chi connectivity index (χ2n) is 7.39. The van der Waals surface area contributed by atoms with Crippen molar-refractivity contribution < 1.29 is 19.4 Å². The molecule has 1 aliphatic heterocycles. The summed E-state index contributed by atoms with van der Waals surface area (Å²) in [5, 5.41) is 14.8. The largest absolute Gasteiger partial charge is 0.504 e. The highest BCUT2D eigenvalue weighted by molar-refractivity contribution is 6.07. The standard InChI is InChI=1S/C19H18N2O4/c1-25-14-8-10(2-5-13(14)22)9-20-21-17(23)15-11-3-4-12(16(15)18(21)24)19(11)6-7-19/h2-5,8-9,11-12,15-16,22H,6-7H2,1H3/b20-9-/t11-,12-,15-,16-/m0/s1. The predicted octanol–water partition coefficient (Wildman–Crippen LogP) is 1.93. The average Bonchev–Trinajstić information content (AvgIpc) is 3.21. The van der Waals surface area contributed by atoms with Gasteiger partial charge in [-0.2, -0.15) is 10.1 Å². The molecule has 3 aliphatic carbocycles. The number of fused-ring (bicyclic) bond motifs is 3. The van der Waals surface area contributed by atoms with Gasteiger partial charge in [-0.05, 0) is 53.9 Å². The number of allylic oxidation sites excluding steroid dienone is 2. The number of carbonyl (C=O) groups is 2. The maximum absolute atomic E-state index is 12.8. The summed E-state index contributed by atoms with van der Waals surface area (Å²) < 4.78 is 5.06. The first-order chi connectivity index (χ1) is 12.1. The van der Waals surface area contributed by atoms with Gasteiger partial charge in [0, 0.05) is 0 Å². The number of hydrogen-bond donors (Lipinski definition) is 1. The number of hydrogen-bond acceptors (Lipinski definition) is 5. The molecule has 25 heavy (non-hydrogen) atoms. The highest BCUT2D eigenvalue weighted by Gasteiger charge is 2.73. The molecule has 1 aromatic carbocycles. The summed E-state index contributed by atoms with van der Waals surface area (Å²) in [6.45, 7) is 0. The number of imide groups is 1. The molecule has 3 fully saturated rings. The first kappa shape index (κ1) is 14.7. The smallest absolute Gasteiger partial charge is 0.254 e. The van der Waals surface area contributed by atoms with Crippen molar-refractivity contribution in [3.8, 4) is 11.5 Å². The van der Waals surface area contributed by atoms with E-state index in [0.717, 1.165) is 17.9 Å². The van der Waals surface area contributed by atoms with Crippen LogP contribution in [-0.4, -0.2) is 35.3 Å². The fourth-order valence-electron chi connectivity index (χ4n) is 5.08. The van der Waals surface area contributed by atoms with Gasteiger partial charge in [-0.15, -0.1) is 0 Å². The number of phenols is 1. The van der Waals surface area contributed by atoms with Crippen molar-refractivity contribution in [1.82, 2.24) is 5.01 Å². The lowest BCUT2D eigenvalue weighted by Crippen LogP contribution is -2.30. The Hall–Kier alpha value is -2.63. The van der Waals surface area contributed by atoms with Crippen LogP contribution in [0.2, 0.25) is 0 Å². The van der Waals surface area contributed by atoms with Gasteiger partial charge in [0.05, 0.1) is 25.2 Å². The highest BCUT2D eigenvalue weighted by Crippen LogP contribution is 2.73. The molecule has 0 radical (unpaired) electrons. The van der Waals surface area contributed by atoms with Crippen LogP contribution in [0.4, 0.5) is 0 Å². The molecule has 1 heterocycles. The normalized spacial score (nSPS) is 33.7. The summed E-state index contributed by atoms with van der Waals surface area (Å²) in [5.41, 5.74) is 0.841. The van der Waals surface area contributed by atoms with E-state index in [1.165, 1.54) is 19.4 Å². The fourth-order valence-corrected chi connectivity index (χ4v) is 5.08. The SMILES string of the molecule is COc1cc(/C=N\N2C(=O)[C@@H]3[C@@H](C2=O)[C@@H]2C=C[C@@H]3C23CC3)ccc1O. The summed E-state index contributed by atoms with van der Waals surface area (Å²) in [5.74, 6) is -0.0909. The molecule has 6 heteroatoms. The predicted molar refractivity (Wildman–Crippen MR) is 88.9 cm³/mol. The molecule has 4 aliphatic rings. The van der Waals surface area contributed by atoms with Gasteiger partial charge in [0.15, 0.2) is 11.5 Å². The van der Waals surface area contributed by atoms with Crippen LogP contribution in [0, 0.1) is 29.1 Å². The van der Waals surface area contributed by atoms with Gasteiger partial charge < -0.3 is 9.84 Å². The Labute approximate surface area is 144 Å². The molecule has 2 amide bonds. The molecule has 4 atom stereocenters. The number of benzene rings is 1. The second kappa shape index (κ2) is 4.71. The van der Waals surface area contributed by atoms with E-state index in [9.17, 15) is 14.7 Å². The molecule has 1 saturated heterocycles. The third kappa shape index (κ3) is 1.77. The zero-order chi connectivity index (χ0) is 17.3. The number of amides is 2. The molecule has 1 aromatic rings. The number of rotatable bonds is 3. The molecule has 1 spiro atoms. The summed E-state index contributed by atoms with van der Waals surface area (Å²) >= 11 is 0. The van der Waals surface area contributed by atoms with Crippen molar-refractivity contribution in [3.05, 3.63) is 35.9 Å². The second-order valence-corrected chi connectivity index (χ2v) is 7.39. The summed E-state index contributed by atoms with van der Waals surface area (Å²) in [6.07, 6.45) is 7.99. The fraction of sp³-hybridized carbons (Fsp3) is 0.421.